The van der Waals surface area contributed by atoms with E-state index >= 15 is 0 Å². The normalized spacial score (nSPS) is 20.1. The van der Waals surface area contributed by atoms with Gasteiger partial charge in [-0.25, -0.2) is 0 Å². The van der Waals surface area contributed by atoms with E-state index in [-0.39, 0.29) is 43.3 Å². The average Bonchev–Trinajstić information content (AvgIpc) is 3.95. The minimum Gasteiger partial charge on any atom is -0.493 e. The molecule has 0 aromatic heterocycles. The molecular formula is C43H53N3O5. The highest BCUT2D eigenvalue weighted by atomic mass is 16.5. The third kappa shape index (κ3) is 8.55. The molecule has 2 fully saturated rings. The topological polar surface area (TPSA) is 99.2 Å². The molecule has 3 aromatic carbocycles. The Morgan fingerprint density at radius 3 is 2.37 bits per heavy atom. The van der Waals surface area contributed by atoms with E-state index in [1.54, 1.807) is 18.7 Å². The number of benzene rings is 3. The molecule has 1 aliphatic carbocycles. The number of nitrogens with one attached hydrogen (secondary N) is 1. The molecular weight excluding hydrogens is 638 g/mol. The second-order valence-corrected chi connectivity index (χ2v) is 15.6. The number of fused-ring (bicyclic) bond motifs is 2. The molecule has 0 unspecified atom stereocenters. The minimum absolute atomic E-state index is 0.0512. The number of carboxylic acid groups (broad SMARTS) is 1. The van der Waals surface area contributed by atoms with Crippen molar-refractivity contribution < 1.29 is 24.2 Å². The smallest absolute Gasteiger partial charge is 0.309 e. The summed E-state index contributed by atoms with van der Waals surface area (Å²) < 4.78 is 6.19. The molecule has 3 aromatic rings. The van der Waals surface area contributed by atoms with Gasteiger partial charge in [-0.3, -0.25) is 19.7 Å². The Labute approximate surface area is 302 Å². The highest BCUT2D eigenvalue weighted by molar-refractivity contribution is 5.92. The molecule has 0 spiro atoms. The lowest BCUT2D eigenvalue weighted by Crippen LogP contribution is -2.72. The van der Waals surface area contributed by atoms with E-state index in [0.29, 0.717) is 26.1 Å². The molecule has 2 amide bonds. The van der Waals surface area contributed by atoms with Crippen LogP contribution < -0.4 is 10.1 Å². The summed E-state index contributed by atoms with van der Waals surface area (Å²) in [6.07, 6.45) is 6.55. The first-order valence-electron chi connectivity index (χ1n) is 18.5. The summed E-state index contributed by atoms with van der Waals surface area (Å²) in [5, 5.41) is 13.3. The van der Waals surface area contributed by atoms with Gasteiger partial charge in [0.1, 0.15) is 11.3 Å². The SMILES string of the molecule is Cc1cc(C)c(C)c(OCCc2ccc(C3=C[C@H]4CN(C(=O)CCC(C)(C)C(=O)O)C[C@@](C(=O)N(CCc5ccccc5)C5CC5)(C3)N4)cc2)c1. The van der Waals surface area contributed by atoms with Crippen molar-refractivity contribution in [3.8, 4) is 5.75 Å². The highest BCUT2D eigenvalue weighted by Crippen LogP contribution is 2.39. The number of nitrogens with zero attached hydrogens (tertiary/aromatic N) is 2. The predicted molar refractivity (Wildman–Crippen MR) is 201 cm³/mol. The first-order chi connectivity index (χ1) is 24.3. The Kier molecular flexibility index (Phi) is 10.7. The van der Waals surface area contributed by atoms with Gasteiger partial charge in [-0.2, -0.15) is 0 Å². The van der Waals surface area contributed by atoms with Crippen molar-refractivity contribution in [1.29, 1.82) is 0 Å². The Balaban J connectivity index is 1.20. The Morgan fingerprint density at radius 1 is 0.980 bits per heavy atom. The van der Waals surface area contributed by atoms with Gasteiger partial charge in [0, 0.05) is 51.0 Å². The van der Waals surface area contributed by atoms with Crippen molar-refractivity contribution in [3.63, 3.8) is 0 Å². The average molecular weight is 692 g/mol. The highest BCUT2D eigenvalue weighted by Gasteiger charge is 2.52. The lowest BCUT2D eigenvalue weighted by molar-refractivity contribution is -0.148. The molecule has 0 radical (unpaired) electrons. The summed E-state index contributed by atoms with van der Waals surface area (Å²) >= 11 is 0. The summed E-state index contributed by atoms with van der Waals surface area (Å²) in [6, 6.07) is 23.1. The van der Waals surface area contributed by atoms with E-state index < -0.39 is 16.9 Å². The number of piperazine rings is 1. The standard InChI is InChI=1S/C43H53N3O5/c1-29-23-30(2)31(3)38(24-29)51-22-19-33-11-13-34(14-12-33)35-25-36-27-45(39(47)17-20-42(4,5)41(49)50)28-43(26-35,44-36)40(48)46(37-15-16-37)21-18-32-9-7-6-8-10-32/h6-14,23-25,36-37,44H,15-22,26-28H2,1-5H3,(H,49,50)/t36-,43+/m0/s1. The van der Waals surface area contributed by atoms with Crippen LogP contribution in [0.15, 0.2) is 72.8 Å². The lowest BCUT2D eigenvalue weighted by atomic mass is 9.78. The van der Waals surface area contributed by atoms with Crippen LogP contribution in [0.1, 0.15) is 79.3 Å². The van der Waals surface area contributed by atoms with Crippen LogP contribution in [0.2, 0.25) is 0 Å². The van der Waals surface area contributed by atoms with Gasteiger partial charge in [0.25, 0.3) is 0 Å². The van der Waals surface area contributed by atoms with Gasteiger partial charge in [-0.05, 0) is 105 Å². The maximum atomic E-state index is 14.8. The van der Waals surface area contributed by atoms with Crippen LogP contribution in [-0.4, -0.2) is 76.6 Å². The summed E-state index contributed by atoms with van der Waals surface area (Å²) in [5.41, 5.74) is 6.20. The van der Waals surface area contributed by atoms with Gasteiger partial charge in [0.2, 0.25) is 11.8 Å². The molecule has 2 bridgehead atoms. The van der Waals surface area contributed by atoms with Gasteiger partial charge in [-0.1, -0.05) is 66.7 Å². The van der Waals surface area contributed by atoms with Crippen LogP contribution >= 0.6 is 0 Å². The molecule has 8 nitrogen and oxygen atoms in total. The minimum atomic E-state index is -1.00. The molecule has 1 saturated carbocycles. The van der Waals surface area contributed by atoms with Crippen LogP contribution in [0.25, 0.3) is 5.57 Å². The Bertz CT molecular complexity index is 1780. The van der Waals surface area contributed by atoms with E-state index in [4.69, 9.17) is 4.74 Å². The third-order valence-electron chi connectivity index (χ3n) is 11.0. The lowest BCUT2D eigenvalue weighted by Gasteiger charge is -2.50. The fraction of sp³-hybridized carbons (Fsp3) is 0.465. The van der Waals surface area contributed by atoms with E-state index in [9.17, 15) is 19.5 Å². The number of rotatable bonds is 14. The van der Waals surface area contributed by atoms with Gasteiger partial charge >= 0.3 is 5.97 Å². The van der Waals surface area contributed by atoms with Crippen molar-refractivity contribution >= 4 is 23.4 Å². The molecule has 1 saturated heterocycles. The molecule has 51 heavy (non-hydrogen) atoms. The molecule has 6 rings (SSSR count). The van der Waals surface area contributed by atoms with Crippen LogP contribution in [0.4, 0.5) is 0 Å². The van der Waals surface area contributed by atoms with E-state index in [1.807, 2.05) is 18.2 Å². The Hall–Kier alpha value is -4.43. The van der Waals surface area contributed by atoms with Crippen molar-refractivity contribution in [1.82, 2.24) is 15.1 Å². The monoisotopic (exact) mass is 691 g/mol. The second-order valence-electron chi connectivity index (χ2n) is 15.6. The van der Waals surface area contributed by atoms with Crippen LogP contribution in [0.3, 0.4) is 0 Å². The number of amides is 2. The predicted octanol–water partition coefficient (Wildman–Crippen LogP) is 6.68. The van der Waals surface area contributed by atoms with E-state index in [0.717, 1.165) is 42.6 Å². The van der Waals surface area contributed by atoms with Gasteiger partial charge < -0.3 is 19.6 Å². The number of aliphatic carboxylic acids is 1. The number of aryl methyl sites for hydroxylation is 2. The zero-order valence-electron chi connectivity index (χ0n) is 30.8. The van der Waals surface area contributed by atoms with E-state index in [1.165, 1.54) is 27.8 Å². The molecule has 2 heterocycles. The number of hydrogen-bond donors (Lipinski definition) is 2. The molecule has 2 N–H and O–H groups in total. The first-order valence-corrected chi connectivity index (χ1v) is 18.5. The van der Waals surface area contributed by atoms with Crippen LogP contribution in [0.5, 0.6) is 5.75 Å². The maximum Gasteiger partial charge on any atom is 0.309 e. The fourth-order valence-corrected chi connectivity index (χ4v) is 7.50. The second kappa shape index (κ2) is 15.0. The fourth-order valence-electron chi connectivity index (χ4n) is 7.50. The summed E-state index contributed by atoms with van der Waals surface area (Å²) in [4.78, 5) is 44.1. The summed E-state index contributed by atoms with van der Waals surface area (Å²) in [5.74, 6) is -0.0298. The summed E-state index contributed by atoms with van der Waals surface area (Å²) in [7, 11) is 0. The molecule has 3 aliphatic rings. The Morgan fingerprint density at radius 2 is 1.69 bits per heavy atom. The van der Waals surface area contributed by atoms with Crippen LogP contribution in [-0.2, 0) is 27.2 Å². The molecule has 2 aliphatic heterocycles. The van der Waals surface area contributed by atoms with Crippen molar-refractivity contribution in [2.24, 2.45) is 5.41 Å². The first kappa shape index (κ1) is 36.4. The molecule has 2 atom stereocenters. The van der Waals surface area contributed by atoms with Crippen molar-refractivity contribution in [3.05, 3.63) is 106 Å². The number of carbonyl (C=O) groups excluding carboxylic acids is 2. The van der Waals surface area contributed by atoms with Gasteiger partial charge in [0.15, 0.2) is 0 Å². The number of hydrogen-bond acceptors (Lipinski definition) is 5. The summed E-state index contributed by atoms with van der Waals surface area (Å²) in [6.45, 7) is 11.5. The van der Waals surface area contributed by atoms with Gasteiger partial charge in [0.05, 0.1) is 12.0 Å². The van der Waals surface area contributed by atoms with Crippen LogP contribution in [0, 0.1) is 26.2 Å². The van der Waals surface area contributed by atoms with Crippen molar-refractivity contribution in [2.45, 2.75) is 97.2 Å². The number of carbonyl (C=O) groups is 3. The molecule has 270 valence electrons. The molecule has 8 heteroatoms. The van der Waals surface area contributed by atoms with E-state index in [2.05, 4.69) is 85.6 Å². The van der Waals surface area contributed by atoms with Crippen molar-refractivity contribution in [2.75, 3.05) is 26.2 Å². The zero-order chi connectivity index (χ0) is 36.3. The van der Waals surface area contributed by atoms with Gasteiger partial charge in [-0.15, -0.1) is 0 Å². The third-order valence-corrected chi connectivity index (χ3v) is 11.0. The quantitative estimate of drug-likeness (QED) is 0.196. The largest absolute Gasteiger partial charge is 0.493 e. The zero-order valence-corrected chi connectivity index (χ0v) is 30.8. The number of ether oxygens (including phenoxy) is 1. The number of carboxylic acids is 1. The maximum absolute atomic E-state index is 14.8.